The predicted molar refractivity (Wildman–Crippen MR) is 80.5 cm³/mol. The molecule has 21 heavy (non-hydrogen) atoms. The van der Waals surface area contributed by atoms with Crippen LogP contribution in [0.2, 0.25) is 0 Å². The number of halogens is 2. The normalized spacial score (nSPS) is 27.9. The van der Waals surface area contributed by atoms with E-state index in [0.29, 0.717) is 11.5 Å². The van der Waals surface area contributed by atoms with Crippen LogP contribution in [0, 0.1) is 17.6 Å². The van der Waals surface area contributed by atoms with Crippen LogP contribution in [0.15, 0.2) is 18.2 Å². The van der Waals surface area contributed by atoms with Crippen LogP contribution < -0.4 is 11.3 Å². The molecule has 3 unspecified atom stereocenters. The molecule has 1 aromatic rings. The minimum Gasteiger partial charge on any atom is -0.302 e. The molecule has 0 heterocycles. The third-order valence-electron chi connectivity index (χ3n) is 4.87. The van der Waals surface area contributed by atoms with Crippen molar-refractivity contribution in [3.8, 4) is 0 Å². The van der Waals surface area contributed by atoms with Crippen molar-refractivity contribution in [3.05, 3.63) is 35.4 Å². The van der Waals surface area contributed by atoms with Gasteiger partial charge >= 0.3 is 0 Å². The number of nitrogens with zero attached hydrogens (tertiary/aromatic N) is 1. The van der Waals surface area contributed by atoms with Crippen LogP contribution >= 0.6 is 0 Å². The van der Waals surface area contributed by atoms with Gasteiger partial charge in [0.05, 0.1) is 6.04 Å². The molecule has 118 valence electrons. The molecule has 1 saturated carbocycles. The summed E-state index contributed by atoms with van der Waals surface area (Å²) in [5, 5.41) is 0. The van der Waals surface area contributed by atoms with Crippen LogP contribution in [0.3, 0.4) is 0 Å². The van der Waals surface area contributed by atoms with Gasteiger partial charge in [-0.3, -0.25) is 11.3 Å². The lowest BCUT2D eigenvalue weighted by atomic mass is 9.69. The van der Waals surface area contributed by atoms with Gasteiger partial charge in [0.1, 0.15) is 11.6 Å². The Balaban J connectivity index is 2.47. The summed E-state index contributed by atoms with van der Waals surface area (Å²) in [5.41, 5.74) is 2.75. The fraction of sp³-hybridized carbons (Fsp3) is 0.625. The van der Waals surface area contributed by atoms with E-state index >= 15 is 0 Å². The predicted octanol–water partition coefficient (Wildman–Crippen LogP) is 2.98. The summed E-state index contributed by atoms with van der Waals surface area (Å²) in [6.07, 6.45) is 4.05. The van der Waals surface area contributed by atoms with E-state index in [4.69, 9.17) is 5.84 Å². The molecule has 5 heteroatoms. The lowest BCUT2D eigenvalue weighted by molar-refractivity contribution is 0.0353. The summed E-state index contributed by atoms with van der Waals surface area (Å²) in [7, 11) is 3.97. The molecule has 3 N–H and O–H groups in total. The van der Waals surface area contributed by atoms with Crippen LogP contribution in [0.5, 0.6) is 0 Å². The fourth-order valence-corrected chi connectivity index (χ4v) is 3.76. The molecule has 0 aromatic heterocycles. The molecule has 3 nitrogen and oxygen atoms in total. The van der Waals surface area contributed by atoms with E-state index < -0.39 is 17.7 Å². The molecule has 0 amide bonds. The molecule has 0 radical (unpaired) electrons. The Kier molecular flexibility index (Phi) is 4.96. The van der Waals surface area contributed by atoms with Crippen molar-refractivity contribution < 1.29 is 8.78 Å². The molecule has 0 saturated heterocycles. The van der Waals surface area contributed by atoms with Crippen molar-refractivity contribution in [2.75, 3.05) is 14.1 Å². The molecule has 2 rings (SSSR count). The lowest BCUT2D eigenvalue weighted by Gasteiger charge is -2.50. The first-order valence-electron chi connectivity index (χ1n) is 7.49. The first kappa shape index (κ1) is 16.3. The molecular weight excluding hydrogens is 272 g/mol. The summed E-state index contributed by atoms with van der Waals surface area (Å²) in [4.78, 5) is 2.11. The van der Waals surface area contributed by atoms with Gasteiger partial charge in [-0.2, -0.15) is 0 Å². The Morgan fingerprint density at radius 1 is 1.38 bits per heavy atom. The van der Waals surface area contributed by atoms with E-state index in [-0.39, 0.29) is 5.54 Å². The van der Waals surface area contributed by atoms with Gasteiger partial charge in [-0.1, -0.05) is 19.8 Å². The Morgan fingerprint density at radius 2 is 2.10 bits per heavy atom. The summed E-state index contributed by atoms with van der Waals surface area (Å²) in [5.74, 6) is 5.43. The summed E-state index contributed by atoms with van der Waals surface area (Å²) < 4.78 is 27.8. The highest BCUT2D eigenvalue weighted by Crippen LogP contribution is 2.44. The number of rotatable bonds is 4. The summed E-state index contributed by atoms with van der Waals surface area (Å²) in [6.45, 7) is 2.20. The molecule has 1 aliphatic carbocycles. The van der Waals surface area contributed by atoms with E-state index in [1.54, 1.807) is 0 Å². The molecule has 3 atom stereocenters. The highest BCUT2D eigenvalue weighted by Gasteiger charge is 2.45. The highest BCUT2D eigenvalue weighted by molar-refractivity contribution is 5.26. The second kappa shape index (κ2) is 6.38. The van der Waals surface area contributed by atoms with E-state index in [0.717, 1.165) is 25.3 Å². The number of hydrogen-bond donors (Lipinski definition) is 2. The second-order valence-corrected chi connectivity index (χ2v) is 6.47. The zero-order valence-corrected chi connectivity index (χ0v) is 13.0. The minimum atomic E-state index is -0.440. The Bertz CT molecular complexity index is 492. The maximum Gasteiger partial charge on any atom is 0.128 e. The summed E-state index contributed by atoms with van der Waals surface area (Å²) in [6, 6.07) is 3.12. The number of nitrogens with one attached hydrogen (secondary N) is 1. The third kappa shape index (κ3) is 3.10. The van der Waals surface area contributed by atoms with Crippen LogP contribution in [0.4, 0.5) is 8.78 Å². The maximum atomic E-state index is 14.2. The van der Waals surface area contributed by atoms with E-state index in [1.807, 2.05) is 14.1 Å². The minimum absolute atomic E-state index is 0.305. The molecule has 1 fully saturated rings. The number of benzene rings is 1. The van der Waals surface area contributed by atoms with Gasteiger partial charge < -0.3 is 4.90 Å². The van der Waals surface area contributed by atoms with Crippen molar-refractivity contribution in [1.29, 1.82) is 0 Å². The van der Waals surface area contributed by atoms with Crippen molar-refractivity contribution in [2.24, 2.45) is 11.8 Å². The van der Waals surface area contributed by atoms with Gasteiger partial charge in [0.2, 0.25) is 0 Å². The van der Waals surface area contributed by atoms with Crippen LogP contribution in [-0.4, -0.2) is 24.5 Å². The molecule has 1 aromatic carbocycles. The molecule has 0 bridgehead atoms. The number of nitrogens with two attached hydrogens (primary N) is 1. The second-order valence-electron chi connectivity index (χ2n) is 6.47. The van der Waals surface area contributed by atoms with Gasteiger partial charge in [-0.25, -0.2) is 8.78 Å². The highest BCUT2D eigenvalue weighted by atomic mass is 19.1. The fourth-order valence-electron chi connectivity index (χ4n) is 3.76. The smallest absolute Gasteiger partial charge is 0.128 e. The maximum absolute atomic E-state index is 14.2. The van der Waals surface area contributed by atoms with Gasteiger partial charge in [0, 0.05) is 11.1 Å². The van der Waals surface area contributed by atoms with Crippen molar-refractivity contribution in [1.82, 2.24) is 10.3 Å². The van der Waals surface area contributed by atoms with E-state index in [1.165, 1.54) is 18.6 Å². The summed E-state index contributed by atoms with van der Waals surface area (Å²) >= 11 is 0. The van der Waals surface area contributed by atoms with Crippen LogP contribution in [0.25, 0.3) is 0 Å². The molecule has 0 spiro atoms. The Hall–Kier alpha value is -1.04. The lowest BCUT2D eigenvalue weighted by Crippen LogP contribution is -2.57. The van der Waals surface area contributed by atoms with Gasteiger partial charge in [-0.05, 0) is 51.1 Å². The zero-order chi connectivity index (χ0) is 15.6. The van der Waals surface area contributed by atoms with Gasteiger partial charge in [0.25, 0.3) is 0 Å². The van der Waals surface area contributed by atoms with E-state index in [9.17, 15) is 8.78 Å². The number of hydrazine groups is 1. The quantitative estimate of drug-likeness (QED) is 0.663. The number of likely N-dealkylation sites (N-methyl/N-ethyl adjacent to an activating group) is 1. The Labute approximate surface area is 125 Å². The zero-order valence-electron chi connectivity index (χ0n) is 13.0. The first-order valence-corrected chi connectivity index (χ1v) is 7.49. The Morgan fingerprint density at radius 3 is 2.67 bits per heavy atom. The third-order valence-corrected chi connectivity index (χ3v) is 4.87. The average Bonchev–Trinajstić information content (AvgIpc) is 2.43. The first-order chi connectivity index (χ1) is 9.90. The van der Waals surface area contributed by atoms with Gasteiger partial charge in [-0.15, -0.1) is 0 Å². The van der Waals surface area contributed by atoms with Crippen molar-refractivity contribution in [2.45, 2.75) is 44.2 Å². The van der Waals surface area contributed by atoms with E-state index in [2.05, 4.69) is 17.2 Å². The van der Waals surface area contributed by atoms with Crippen molar-refractivity contribution in [3.63, 3.8) is 0 Å². The van der Waals surface area contributed by atoms with Crippen LogP contribution in [0.1, 0.15) is 44.2 Å². The standard InChI is InChI=1S/C16H25F2N3/c1-11-5-4-8-16(10-11,21(2)3)15(20-19)13-9-12(17)6-7-14(13)18/h6-7,9,11,15,20H,4-5,8,10,19H2,1-3H3. The molecule has 0 aliphatic heterocycles. The monoisotopic (exact) mass is 297 g/mol. The van der Waals surface area contributed by atoms with Gasteiger partial charge in [0.15, 0.2) is 0 Å². The average molecular weight is 297 g/mol. The molecule has 1 aliphatic rings. The SMILES string of the molecule is CC1CCCC(C(NN)c2cc(F)ccc2F)(N(C)C)C1. The topological polar surface area (TPSA) is 41.3 Å². The number of hydrogen-bond acceptors (Lipinski definition) is 3. The van der Waals surface area contributed by atoms with Crippen molar-refractivity contribution >= 4 is 0 Å². The molecular formula is C16H25F2N3. The largest absolute Gasteiger partial charge is 0.302 e. The van der Waals surface area contributed by atoms with Crippen LogP contribution in [-0.2, 0) is 0 Å².